The number of hydrogen-bond donors (Lipinski definition) is 2. The second-order valence-electron chi connectivity index (χ2n) is 18.5. The first kappa shape index (κ1) is 48.3. The van der Waals surface area contributed by atoms with Crippen LogP contribution in [-0.4, -0.2) is 64.0 Å². The lowest BCUT2D eigenvalue weighted by Gasteiger charge is -2.40. The molecule has 2 N–H and O–H groups in total. The first-order chi connectivity index (χ1) is 29.6. The van der Waals surface area contributed by atoms with E-state index in [9.17, 15) is 29.1 Å². The molecule has 10 heteroatoms. The third-order valence-corrected chi connectivity index (χ3v) is 12.7. The number of phenols is 1. The highest BCUT2D eigenvalue weighted by Gasteiger charge is 2.46. The summed E-state index contributed by atoms with van der Waals surface area (Å²) < 4.78 is 13.6. The number of ketones is 3. The SMILES string of the molecule is CC(C)=CCCC1(C)C=Cc2c(O)c3c(c(CC=C(C)C)c2O1)OC(C(CC(=O)C(C)C(=O)C=C(C)C(=O)N(C)C(C)C(=O)NCc1cccc2ccccc12)C(C)C)C(C)C3=O. The number of benzene rings is 3. The number of ether oxygens (including phenoxy) is 2. The maximum absolute atomic E-state index is 14.4. The molecule has 6 unspecified atom stereocenters. The number of nitrogens with zero attached hydrogens (tertiary/aromatic N) is 1. The number of amides is 2. The van der Waals surface area contributed by atoms with E-state index >= 15 is 0 Å². The van der Waals surface area contributed by atoms with Crippen LogP contribution < -0.4 is 14.8 Å². The third kappa shape index (κ3) is 10.9. The minimum absolute atomic E-state index is 0.0568. The Morgan fingerprint density at radius 2 is 1.60 bits per heavy atom. The van der Waals surface area contributed by atoms with Gasteiger partial charge in [-0.2, -0.15) is 0 Å². The van der Waals surface area contributed by atoms with Crippen molar-refractivity contribution in [1.82, 2.24) is 10.2 Å². The number of Topliss-reactive ketones (excluding diaryl/α,β-unsaturated/α-hetero) is 2. The number of nitrogens with one attached hydrogen (secondary N) is 1. The Hall–Kier alpha value is -5.77. The lowest BCUT2D eigenvalue weighted by atomic mass is 9.75. The van der Waals surface area contributed by atoms with E-state index in [0.29, 0.717) is 29.7 Å². The molecular weight excluding hydrogens is 793 g/mol. The minimum Gasteiger partial charge on any atom is -0.506 e. The molecule has 63 heavy (non-hydrogen) atoms. The fourth-order valence-electron chi connectivity index (χ4n) is 8.38. The van der Waals surface area contributed by atoms with Crippen molar-refractivity contribution in [3.63, 3.8) is 0 Å². The average Bonchev–Trinajstić information content (AvgIpc) is 3.23. The highest BCUT2D eigenvalue weighted by Crippen LogP contribution is 2.52. The zero-order valence-corrected chi connectivity index (χ0v) is 39.2. The predicted octanol–water partition coefficient (Wildman–Crippen LogP) is 10.1. The van der Waals surface area contributed by atoms with Crippen LogP contribution in [-0.2, 0) is 32.1 Å². The molecular formula is C53H66N2O8. The number of hydrogen-bond acceptors (Lipinski definition) is 8. The number of carbonyl (C=O) groups is 5. The molecule has 2 heterocycles. The zero-order chi connectivity index (χ0) is 46.5. The van der Waals surface area contributed by atoms with Gasteiger partial charge in [-0.05, 0) is 115 Å². The first-order valence-electron chi connectivity index (χ1n) is 22.2. The molecule has 2 amide bonds. The van der Waals surface area contributed by atoms with Crippen molar-refractivity contribution in [2.24, 2.45) is 23.7 Å². The molecule has 0 aliphatic carbocycles. The van der Waals surface area contributed by atoms with Crippen molar-refractivity contribution in [2.45, 2.75) is 126 Å². The van der Waals surface area contributed by atoms with Gasteiger partial charge >= 0.3 is 0 Å². The summed E-state index contributed by atoms with van der Waals surface area (Å²) in [6.45, 7) is 20.7. The number of likely N-dealkylation sites (N-methyl/N-ethyl adjacent to an activating group) is 1. The van der Waals surface area contributed by atoms with E-state index < -0.39 is 47.2 Å². The van der Waals surface area contributed by atoms with Gasteiger partial charge in [0.2, 0.25) is 11.8 Å². The molecule has 0 radical (unpaired) electrons. The Morgan fingerprint density at radius 3 is 2.27 bits per heavy atom. The number of carbonyl (C=O) groups excluding carboxylic acids is 5. The molecule has 10 nitrogen and oxygen atoms in total. The van der Waals surface area contributed by atoms with E-state index in [-0.39, 0.29) is 59.0 Å². The Labute approximate surface area is 373 Å². The van der Waals surface area contributed by atoms with Crippen LogP contribution in [0.15, 0.2) is 83.5 Å². The largest absolute Gasteiger partial charge is 0.506 e. The maximum atomic E-state index is 14.4. The topological polar surface area (TPSA) is 139 Å². The fourth-order valence-corrected chi connectivity index (χ4v) is 8.38. The quantitative estimate of drug-likeness (QED) is 0.0777. The van der Waals surface area contributed by atoms with Gasteiger partial charge in [-0.1, -0.05) is 86.5 Å². The summed E-state index contributed by atoms with van der Waals surface area (Å²) in [6, 6.07) is 13.0. The lowest BCUT2D eigenvalue weighted by molar-refractivity contribution is -0.136. The van der Waals surface area contributed by atoms with Crippen molar-refractivity contribution in [2.75, 3.05) is 7.05 Å². The van der Waals surface area contributed by atoms with E-state index in [0.717, 1.165) is 28.3 Å². The Bertz CT molecular complexity index is 2390. The monoisotopic (exact) mass is 858 g/mol. The molecule has 2 aliphatic rings. The summed E-state index contributed by atoms with van der Waals surface area (Å²) in [4.78, 5) is 69.9. The van der Waals surface area contributed by atoms with E-state index in [1.54, 1.807) is 13.8 Å². The Kier molecular flexibility index (Phi) is 15.4. The molecule has 0 spiro atoms. The van der Waals surface area contributed by atoms with Crippen LogP contribution in [0.3, 0.4) is 0 Å². The predicted molar refractivity (Wildman–Crippen MR) is 250 cm³/mol. The van der Waals surface area contributed by atoms with E-state index in [2.05, 4.69) is 25.2 Å². The summed E-state index contributed by atoms with van der Waals surface area (Å²) in [5, 5.41) is 16.7. The Morgan fingerprint density at radius 1 is 0.937 bits per heavy atom. The second kappa shape index (κ2) is 20.2. The molecule has 0 bridgehead atoms. The van der Waals surface area contributed by atoms with Crippen molar-refractivity contribution < 1.29 is 38.6 Å². The average molecular weight is 859 g/mol. The molecule has 3 aromatic carbocycles. The van der Waals surface area contributed by atoms with Gasteiger partial charge in [-0.25, -0.2) is 0 Å². The van der Waals surface area contributed by atoms with E-state index in [1.165, 1.54) is 37.4 Å². The molecule has 0 saturated carbocycles. The summed E-state index contributed by atoms with van der Waals surface area (Å²) in [5.74, 6) is -3.90. The van der Waals surface area contributed by atoms with Crippen LogP contribution in [0.25, 0.3) is 16.8 Å². The van der Waals surface area contributed by atoms with Gasteiger partial charge in [0.1, 0.15) is 46.3 Å². The van der Waals surface area contributed by atoms with Crippen LogP contribution in [0.2, 0.25) is 0 Å². The van der Waals surface area contributed by atoms with Crippen LogP contribution in [0.1, 0.15) is 122 Å². The van der Waals surface area contributed by atoms with Crippen LogP contribution >= 0.6 is 0 Å². The summed E-state index contributed by atoms with van der Waals surface area (Å²) in [7, 11) is 1.51. The van der Waals surface area contributed by atoms with Crippen molar-refractivity contribution in [3.8, 4) is 17.2 Å². The minimum atomic E-state index is -1.09. The summed E-state index contributed by atoms with van der Waals surface area (Å²) in [5.41, 5.74) is 3.87. The van der Waals surface area contributed by atoms with Gasteiger partial charge < -0.3 is 24.8 Å². The van der Waals surface area contributed by atoms with Crippen LogP contribution in [0.4, 0.5) is 0 Å². The highest BCUT2D eigenvalue weighted by molar-refractivity contribution is 6.11. The summed E-state index contributed by atoms with van der Waals surface area (Å²) >= 11 is 0. The van der Waals surface area contributed by atoms with Crippen molar-refractivity contribution in [3.05, 3.63) is 106 Å². The standard InChI is InChI=1S/C53H66N2O8/c1-30(2)17-16-25-53(11)26-24-40-47(59)45-46(58)35(9)48(62-50(45)41(49(40)63-53)23-22-31(3)4)42(32(5)6)28-44(57)34(8)43(56)27-33(7)52(61)55(12)36(10)51(60)54-29-38-20-15-19-37-18-13-14-21-39(37)38/h13-15,17-22,24,26-27,32,34-36,42,48,59H,16,23,25,28-29H2,1-12H3,(H,54,60). The number of fused-ring (bicyclic) bond motifs is 3. The van der Waals surface area contributed by atoms with Gasteiger partial charge in [0.15, 0.2) is 11.6 Å². The van der Waals surface area contributed by atoms with Crippen LogP contribution in [0.5, 0.6) is 17.2 Å². The molecule has 0 fully saturated rings. The molecule has 336 valence electrons. The lowest BCUT2D eigenvalue weighted by Crippen LogP contribution is -2.46. The Balaban J connectivity index is 1.32. The second-order valence-corrected chi connectivity index (χ2v) is 18.5. The van der Waals surface area contributed by atoms with Crippen molar-refractivity contribution in [1.29, 1.82) is 0 Å². The number of allylic oxidation sites excluding steroid dienone is 5. The normalized spacial score (nSPS) is 19.4. The maximum Gasteiger partial charge on any atom is 0.250 e. The van der Waals surface area contributed by atoms with Crippen molar-refractivity contribution >= 4 is 46.0 Å². The number of aromatic hydroxyl groups is 1. The zero-order valence-electron chi connectivity index (χ0n) is 39.2. The molecule has 0 aromatic heterocycles. The molecule has 0 saturated heterocycles. The van der Waals surface area contributed by atoms with E-state index in [4.69, 9.17) is 9.47 Å². The number of rotatable bonds is 17. The van der Waals surface area contributed by atoms with Gasteiger partial charge in [-0.15, -0.1) is 0 Å². The fraction of sp³-hybridized carbons (Fsp3) is 0.453. The molecule has 2 aliphatic heterocycles. The smallest absolute Gasteiger partial charge is 0.250 e. The molecule has 5 rings (SSSR count). The third-order valence-electron chi connectivity index (χ3n) is 12.7. The number of phenolic OH excluding ortho intramolecular Hbond substituents is 1. The summed E-state index contributed by atoms with van der Waals surface area (Å²) in [6.07, 6.45) is 10.2. The highest BCUT2D eigenvalue weighted by atomic mass is 16.5. The van der Waals surface area contributed by atoms with Gasteiger partial charge in [-0.3, -0.25) is 24.0 Å². The molecule has 3 aromatic rings. The molecule has 6 atom stereocenters. The first-order valence-corrected chi connectivity index (χ1v) is 22.2. The van der Waals surface area contributed by atoms with E-state index in [1.807, 2.05) is 95.3 Å². The van der Waals surface area contributed by atoms with Gasteiger partial charge in [0.25, 0.3) is 0 Å². The van der Waals surface area contributed by atoms with Crippen LogP contribution in [0, 0.1) is 23.7 Å². The van der Waals surface area contributed by atoms with Gasteiger partial charge in [0.05, 0.1) is 17.4 Å². The van der Waals surface area contributed by atoms with Gasteiger partial charge in [0, 0.05) is 37.1 Å².